The molecule has 2 aliphatic rings. The number of likely N-dealkylation sites (tertiary alicyclic amines) is 1. The van der Waals surface area contributed by atoms with Crippen LogP contribution in [0.2, 0.25) is 0 Å². The number of fused-ring (bicyclic) bond motifs is 1. The highest BCUT2D eigenvalue weighted by Gasteiger charge is 2.31. The maximum Gasteiger partial charge on any atom is 0.258 e. The average molecular weight is 431 g/mol. The number of hydrogen-bond acceptors (Lipinski definition) is 5. The van der Waals surface area contributed by atoms with E-state index in [0.717, 1.165) is 0 Å². The molecule has 10 heteroatoms. The molecule has 2 aromatic rings. The van der Waals surface area contributed by atoms with Gasteiger partial charge in [0, 0.05) is 19.1 Å². The smallest absolute Gasteiger partial charge is 0.258 e. The highest BCUT2D eigenvalue weighted by Crippen LogP contribution is 2.22. The molecule has 0 radical (unpaired) electrons. The maximum atomic E-state index is 13.8. The SMILES string of the molecule is O=C1NC(=O)c2cc(S(=O)(=O)NC3CCN(C(=O)c4ccccc4F)CC3)ccc21. The van der Waals surface area contributed by atoms with Crippen LogP contribution in [0.1, 0.15) is 43.9 Å². The molecule has 0 saturated carbocycles. The molecule has 0 spiro atoms. The van der Waals surface area contributed by atoms with Crippen LogP contribution in [0.3, 0.4) is 0 Å². The zero-order valence-electron chi connectivity index (χ0n) is 15.7. The molecule has 0 bridgehead atoms. The van der Waals surface area contributed by atoms with E-state index in [4.69, 9.17) is 0 Å². The highest BCUT2D eigenvalue weighted by molar-refractivity contribution is 7.89. The minimum atomic E-state index is -3.92. The Morgan fingerprint density at radius 3 is 2.40 bits per heavy atom. The number of benzene rings is 2. The summed E-state index contributed by atoms with van der Waals surface area (Å²) in [5, 5.41) is 2.12. The summed E-state index contributed by atoms with van der Waals surface area (Å²) in [6.07, 6.45) is 0.729. The van der Waals surface area contributed by atoms with E-state index in [1.807, 2.05) is 0 Å². The van der Waals surface area contributed by atoms with Crippen molar-refractivity contribution < 1.29 is 27.2 Å². The number of carbonyl (C=O) groups excluding carboxylic acids is 3. The van der Waals surface area contributed by atoms with Crippen molar-refractivity contribution in [3.63, 3.8) is 0 Å². The van der Waals surface area contributed by atoms with Crippen LogP contribution in [0.25, 0.3) is 0 Å². The number of halogens is 1. The van der Waals surface area contributed by atoms with Crippen LogP contribution < -0.4 is 10.0 Å². The molecule has 2 aromatic carbocycles. The molecule has 0 aliphatic carbocycles. The number of sulfonamides is 1. The number of nitrogens with one attached hydrogen (secondary N) is 2. The van der Waals surface area contributed by atoms with Gasteiger partial charge in [0.2, 0.25) is 10.0 Å². The number of imide groups is 1. The molecule has 1 saturated heterocycles. The predicted octanol–water partition coefficient (Wildman–Crippen LogP) is 1.29. The molecule has 0 unspecified atom stereocenters. The van der Waals surface area contributed by atoms with Gasteiger partial charge in [-0.2, -0.15) is 0 Å². The molecular formula is C20H18FN3O5S. The third-order valence-corrected chi connectivity index (χ3v) is 6.74. The molecule has 8 nitrogen and oxygen atoms in total. The Hall–Kier alpha value is -3.11. The Morgan fingerprint density at radius 2 is 1.70 bits per heavy atom. The quantitative estimate of drug-likeness (QED) is 0.709. The van der Waals surface area contributed by atoms with Gasteiger partial charge in [0.1, 0.15) is 5.82 Å². The first-order chi connectivity index (χ1) is 14.3. The van der Waals surface area contributed by atoms with Crippen LogP contribution >= 0.6 is 0 Å². The van der Waals surface area contributed by atoms with E-state index in [2.05, 4.69) is 10.0 Å². The van der Waals surface area contributed by atoms with Crippen LogP contribution in [-0.2, 0) is 10.0 Å². The highest BCUT2D eigenvalue weighted by atomic mass is 32.2. The number of hydrogen-bond donors (Lipinski definition) is 2. The van der Waals surface area contributed by atoms with Gasteiger partial charge in [-0.15, -0.1) is 0 Å². The van der Waals surface area contributed by atoms with Gasteiger partial charge in [0.05, 0.1) is 21.6 Å². The Labute approximate surface area is 172 Å². The summed E-state index contributed by atoms with van der Waals surface area (Å²) in [6, 6.07) is 9.07. The summed E-state index contributed by atoms with van der Waals surface area (Å²) < 4.78 is 41.8. The van der Waals surface area contributed by atoms with E-state index < -0.39 is 39.6 Å². The topological polar surface area (TPSA) is 113 Å². The van der Waals surface area contributed by atoms with Crippen molar-refractivity contribution in [2.45, 2.75) is 23.8 Å². The second-order valence-electron chi connectivity index (χ2n) is 7.16. The molecule has 1 fully saturated rings. The summed E-state index contributed by atoms with van der Waals surface area (Å²) in [5.74, 6) is -2.21. The van der Waals surface area contributed by atoms with Gasteiger partial charge in [-0.1, -0.05) is 12.1 Å². The van der Waals surface area contributed by atoms with Gasteiger partial charge in [0.15, 0.2) is 0 Å². The van der Waals surface area contributed by atoms with Gasteiger partial charge in [-0.25, -0.2) is 17.5 Å². The molecule has 30 heavy (non-hydrogen) atoms. The minimum absolute atomic E-state index is 0.0116. The first kappa shape index (κ1) is 20.2. The van der Waals surface area contributed by atoms with Crippen LogP contribution in [0.4, 0.5) is 4.39 Å². The zero-order chi connectivity index (χ0) is 21.5. The lowest BCUT2D eigenvalue weighted by molar-refractivity contribution is 0.0706. The second kappa shape index (κ2) is 7.62. The summed E-state index contributed by atoms with van der Waals surface area (Å²) in [6.45, 7) is 0.558. The Balaban J connectivity index is 1.42. The third-order valence-electron chi connectivity index (χ3n) is 5.23. The van der Waals surface area contributed by atoms with Crippen molar-refractivity contribution in [2.24, 2.45) is 0 Å². The van der Waals surface area contributed by atoms with E-state index in [0.29, 0.717) is 12.8 Å². The van der Waals surface area contributed by atoms with Gasteiger partial charge >= 0.3 is 0 Å². The average Bonchev–Trinajstić information content (AvgIpc) is 3.01. The fourth-order valence-electron chi connectivity index (χ4n) is 3.61. The van der Waals surface area contributed by atoms with Crippen LogP contribution in [0.15, 0.2) is 47.4 Å². The van der Waals surface area contributed by atoms with E-state index >= 15 is 0 Å². The Bertz CT molecular complexity index is 1160. The molecule has 0 aromatic heterocycles. The molecule has 3 amide bonds. The van der Waals surface area contributed by atoms with Crippen molar-refractivity contribution in [3.8, 4) is 0 Å². The molecule has 2 N–H and O–H groups in total. The summed E-state index contributed by atoms with van der Waals surface area (Å²) in [4.78, 5) is 37.2. The molecule has 2 heterocycles. The summed E-state index contributed by atoms with van der Waals surface area (Å²) in [5.41, 5.74) is 0.148. The van der Waals surface area contributed by atoms with Gasteiger partial charge in [-0.3, -0.25) is 19.7 Å². The van der Waals surface area contributed by atoms with Crippen molar-refractivity contribution in [2.75, 3.05) is 13.1 Å². The number of piperidine rings is 1. The Kier molecular flexibility index (Phi) is 5.12. The van der Waals surface area contributed by atoms with E-state index in [-0.39, 0.29) is 34.7 Å². The summed E-state index contributed by atoms with van der Waals surface area (Å²) >= 11 is 0. The lowest BCUT2D eigenvalue weighted by atomic mass is 10.0. The fraction of sp³-hybridized carbons (Fsp3) is 0.250. The van der Waals surface area contributed by atoms with Crippen LogP contribution in [0, 0.1) is 5.82 Å². The minimum Gasteiger partial charge on any atom is -0.338 e. The number of nitrogens with zero attached hydrogens (tertiary/aromatic N) is 1. The molecule has 2 aliphatic heterocycles. The standard InChI is InChI=1S/C20H18FN3O5S/c21-17-4-2-1-3-15(17)20(27)24-9-7-12(8-10-24)23-30(28,29)13-5-6-14-16(11-13)19(26)22-18(14)25/h1-6,11-12,23H,7-10H2,(H,22,25,26). The normalized spacial score (nSPS) is 17.0. The largest absolute Gasteiger partial charge is 0.338 e. The lowest BCUT2D eigenvalue weighted by Crippen LogP contribution is -2.46. The van der Waals surface area contributed by atoms with Crippen molar-refractivity contribution >= 4 is 27.7 Å². The first-order valence-corrected chi connectivity index (χ1v) is 10.8. The van der Waals surface area contributed by atoms with E-state index in [1.165, 1.54) is 41.3 Å². The lowest BCUT2D eigenvalue weighted by Gasteiger charge is -2.32. The first-order valence-electron chi connectivity index (χ1n) is 9.32. The molecule has 0 atom stereocenters. The van der Waals surface area contributed by atoms with Gasteiger partial charge in [-0.05, 0) is 43.2 Å². The summed E-state index contributed by atoms with van der Waals surface area (Å²) in [7, 11) is -3.92. The monoisotopic (exact) mass is 431 g/mol. The fourth-order valence-corrected chi connectivity index (χ4v) is 4.94. The maximum absolute atomic E-state index is 13.8. The van der Waals surface area contributed by atoms with Crippen LogP contribution in [-0.4, -0.2) is 50.2 Å². The number of amides is 3. The van der Waals surface area contributed by atoms with Gasteiger partial charge < -0.3 is 4.90 Å². The van der Waals surface area contributed by atoms with Gasteiger partial charge in [0.25, 0.3) is 17.7 Å². The van der Waals surface area contributed by atoms with Crippen molar-refractivity contribution in [1.29, 1.82) is 0 Å². The van der Waals surface area contributed by atoms with E-state index in [1.54, 1.807) is 6.07 Å². The molecular weight excluding hydrogens is 413 g/mol. The van der Waals surface area contributed by atoms with Crippen LogP contribution in [0.5, 0.6) is 0 Å². The Morgan fingerprint density at radius 1 is 1.03 bits per heavy atom. The third kappa shape index (κ3) is 3.71. The second-order valence-corrected chi connectivity index (χ2v) is 8.87. The zero-order valence-corrected chi connectivity index (χ0v) is 16.5. The molecule has 4 rings (SSSR count). The predicted molar refractivity (Wildman–Crippen MR) is 104 cm³/mol. The van der Waals surface area contributed by atoms with E-state index in [9.17, 15) is 27.2 Å². The molecule has 156 valence electrons. The number of carbonyl (C=O) groups is 3. The van der Waals surface area contributed by atoms with Crippen molar-refractivity contribution in [3.05, 3.63) is 65.0 Å². The number of rotatable bonds is 4. The van der Waals surface area contributed by atoms with Crippen molar-refractivity contribution in [1.82, 2.24) is 14.9 Å².